The van der Waals surface area contributed by atoms with Crippen molar-refractivity contribution in [2.75, 3.05) is 31.1 Å². The second kappa shape index (κ2) is 9.78. The molecule has 1 fully saturated rings. The van der Waals surface area contributed by atoms with Crippen LogP contribution in [0.2, 0.25) is 0 Å². The van der Waals surface area contributed by atoms with E-state index in [1.165, 1.54) is 12.1 Å². The van der Waals surface area contributed by atoms with Gasteiger partial charge in [0.15, 0.2) is 5.82 Å². The summed E-state index contributed by atoms with van der Waals surface area (Å²) in [5.74, 6) is 0.545. The van der Waals surface area contributed by atoms with Gasteiger partial charge in [-0.25, -0.2) is 4.68 Å². The van der Waals surface area contributed by atoms with Crippen LogP contribution in [-0.2, 0) is 11.7 Å². The topological polar surface area (TPSA) is 82.9 Å². The maximum atomic E-state index is 13.6. The molecular formula is C28H32F3N7O. The zero-order valence-electron chi connectivity index (χ0n) is 22.7. The first-order valence-electron chi connectivity index (χ1n) is 12.9. The molecule has 1 aliphatic rings. The van der Waals surface area contributed by atoms with Crippen molar-refractivity contribution in [3.63, 3.8) is 0 Å². The van der Waals surface area contributed by atoms with Crippen LogP contribution in [0.15, 0.2) is 47.3 Å². The van der Waals surface area contributed by atoms with E-state index in [1.54, 1.807) is 10.7 Å². The first-order chi connectivity index (χ1) is 18.3. The van der Waals surface area contributed by atoms with Crippen LogP contribution in [0, 0.1) is 13.8 Å². The number of nitrogens with zero attached hydrogens (tertiary/aromatic N) is 6. The molecule has 2 aromatic heterocycles. The Balaban J connectivity index is 1.53. The number of aryl methyl sites for hydroxylation is 2. The number of rotatable bonds is 4. The Morgan fingerprint density at radius 1 is 0.974 bits per heavy atom. The van der Waals surface area contributed by atoms with Crippen LogP contribution in [0.1, 0.15) is 54.9 Å². The van der Waals surface area contributed by atoms with E-state index >= 15 is 0 Å². The fourth-order valence-electron chi connectivity index (χ4n) is 5.20. The van der Waals surface area contributed by atoms with Crippen molar-refractivity contribution < 1.29 is 13.2 Å². The molecule has 2 aromatic carbocycles. The molecule has 0 radical (unpaired) electrons. The van der Waals surface area contributed by atoms with Gasteiger partial charge in [-0.3, -0.25) is 9.69 Å². The predicted molar refractivity (Wildman–Crippen MR) is 144 cm³/mol. The molecule has 1 N–H and O–H groups in total. The number of hydrogen-bond donors (Lipinski definition) is 1. The average molecular weight is 540 g/mol. The van der Waals surface area contributed by atoms with Gasteiger partial charge in [0.2, 0.25) is 0 Å². The molecular weight excluding hydrogens is 507 g/mol. The number of halogens is 3. The van der Waals surface area contributed by atoms with Gasteiger partial charge >= 0.3 is 6.18 Å². The summed E-state index contributed by atoms with van der Waals surface area (Å²) in [5, 5.41) is 13.5. The highest BCUT2D eigenvalue weighted by atomic mass is 19.4. The smallest absolute Gasteiger partial charge is 0.369 e. The summed E-state index contributed by atoms with van der Waals surface area (Å²) in [6.45, 7) is 11.9. The number of nitrogens with one attached hydrogen (secondary N) is 1. The quantitative estimate of drug-likeness (QED) is 0.401. The second-order valence-electron chi connectivity index (χ2n) is 11.1. The average Bonchev–Trinajstić information content (AvgIpc) is 3.38. The van der Waals surface area contributed by atoms with E-state index in [4.69, 9.17) is 0 Å². The van der Waals surface area contributed by atoms with E-state index in [-0.39, 0.29) is 5.56 Å². The predicted octanol–water partition coefficient (Wildman–Crippen LogP) is 4.82. The maximum absolute atomic E-state index is 13.6. The summed E-state index contributed by atoms with van der Waals surface area (Å²) in [6, 6.07) is 10.8. The van der Waals surface area contributed by atoms with E-state index in [0.29, 0.717) is 43.3 Å². The van der Waals surface area contributed by atoms with Gasteiger partial charge in [-0.2, -0.15) is 13.2 Å². The molecule has 1 saturated heterocycles. The van der Waals surface area contributed by atoms with E-state index in [1.807, 2.05) is 57.7 Å². The molecule has 0 aliphatic carbocycles. The minimum absolute atomic E-state index is 0.218. The molecule has 1 aliphatic heterocycles. The highest BCUT2D eigenvalue weighted by molar-refractivity contribution is 5.83. The number of hydrogen-bond acceptors (Lipinski definition) is 6. The molecule has 3 heterocycles. The minimum Gasteiger partial charge on any atom is -0.369 e. The number of pyridine rings is 1. The number of benzene rings is 2. The van der Waals surface area contributed by atoms with Gasteiger partial charge in [-0.1, -0.05) is 18.2 Å². The third-order valence-corrected chi connectivity index (χ3v) is 7.47. The van der Waals surface area contributed by atoms with Gasteiger partial charge < -0.3 is 9.88 Å². The van der Waals surface area contributed by atoms with Gasteiger partial charge in [0, 0.05) is 37.4 Å². The standard InChI is InChI=1S/C28H32F3N7O/c1-17-9-10-19-15-22(26(39)32-23(19)18(17)2)24(25-33-34-35-38(25)27(3,4)5)37-13-11-36(12-14-37)21-8-6-7-20(16-21)28(29,30)31/h6-10,15-16,24H,11-14H2,1-5H3,(H,32,39). The van der Waals surface area contributed by atoms with E-state index in [0.717, 1.165) is 28.1 Å². The SMILES string of the molecule is Cc1ccc2cc(C(c3nnnn3C(C)(C)C)N3CCN(c4cccc(C(F)(F)F)c4)CC3)c(=O)[nH]c2c1C. The molecule has 0 saturated carbocycles. The van der Waals surface area contributed by atoms with Crippen LogP contribution in [0.4, 0.5) is 18.9 Å². The van der Waals surface area contributed by atoms with E-state index in [9.17, 15) is 18.0 Å². The third-order valence-electron chi connectivity index (χ3n) is 7.47. The number of alkyl halides is 3. The Morgan fingerprint density at radius 3 is 2.36 bits per heavy atom. The lowest BCUT2D eigenvalue weighted by Gasteiger charge is -2.40. The van der Waals surface area contributed by atoms with Gasteiger partial charge in [0.25, 0.3) is 5.56 Å². The molecule has 1 atom stereocenters. The van der Waals surface area contributed by atoms with Gasteiger partial charge in [-0.15, -0.1) is 5.10 Å². The first-order valence-corrected chi connectivity index (χ1v) is 12.9. The van der Waals surface area contributed by atoms with Crippen molar-refractivity contribution in [3.8, 4) is 0 Å². The molecule has 39 heavy (non-hydrogen) atoms. The molecule has 5 rings (SSSR count). The lowest BCUT2D eigenvalue weighted by Crippen LogP contribution is -2.49. The Bertz CT molecular complexity index is 1560. The number of aromatic amines is 1. The largest absolute Gasteiger partial charge is 0.416 e. The van der Waals surface area contributed by atoms with Crippen molar-refractivity contribution >= 4 is 16.6 Å². The number of aromatic nitrogens is 5. The van der Waals surface area contributed by atoms with Crippen LogP contribution >= 0.6 is 0 Å². The van der Waals surface area contributed by atoms with Gasteiger partial charge in [0.1, 0.15) is 6.04 Å². The summed E-state index contributed by atoms with van der Waals surface area (Å²) in [5.41, 5.74) is 2.63. The Morgan fingerprint density at radius 2 is 1.69 bits per heavy atom. The van der Waals surface area contributed by atoms with Crippen molar-refractivity contribution in [1.29, 1.82) is 0 Å². The molecule has 4 aromatic rings. The fraction of sp³-hybridized carbons (Fsp3) is 0.429. The van der Waals surface area contributed by atoms with Crippen molar-refractivity contribution in [2.24, 2.45) is 0 Å². The molecule has 0 amide bonds. The van der Waals surface area contributed by atoms with Crippen LogP contribution in [0.25, 0.3) is 10.9 Å². The number of anilines is 1. The Labute approximate surface area is 224 Å². The molecule has 8 nitrogen and oxygen atoms in total. The molecule has 206 valence electrons. The summed E-state index contributed by atoms with van der Waals surface area (Å²) in [4.78, 5) is 20.7. The van der Waals surface area contributed by atoms with Crippen molar-refractivity contribution in [3.05, 3.63) is 80.9 Å². The molecule has 1 unspecified atom stereocenters. The highest BCUT2D eigenvalue weighted by Gasteiger charge is 2.36. The molecule has 0 bridgehead atoms. The van der Waals surface area contributed by atoms with Crippen LogP contribution in [0.5, 0.6) is 0 Å². The van der Waals surface area contributed by atoms with E-state index < -0.39 is 23.3 Å². The van der Waals surface area contributed by atoms with Gasteiger partial charge in [-0.05, 0) is 85.8 Å². The monoisotopic (exact) mass is 539 g/mol. The first kappa shape index (κ1) is 26.9. The summed E-state index contributed by atoms with van der Waals surface area (Å²) >= 11 is 0. The number of tetrazole rings is 1. The zero-order valence-corrected chi connectivity index (χ0v) is 22.7. The third kappa shape index (κ3) is 5.15. The Kier molecular flexibility index (Phi) is 6.74. The van der Waals surface area contributed by atoms with Crippen LogP contribution < -0.4 is 10.5 Å². The fourth-order valence-corrected chi connectivity index (χ4v) is 5.20. The minimum atomic E-state index is -4.40. The summed E-state index contributed by atoms with van der Waals surface area (Å²) < 4.78 is 41.6. The van der Waals surface area contributed by atoms with Crippen molar-refractivity contribution in [2.45, 2.75) is 52.4 Å². The second-order valence-corrected chi connectivity index (χ2v) is 11.1. The molecule has 0 spiro atoms. The number of H-pyrrole nitrogens is 1. The summed E-state index contributed by atoms with van der Waals surface area (Å²) in [7, 11) is 0. The maximum Gasteiger partial charge on any atom is 0.416 e. The van der Waals surface area contributed by atoms with Crippen LogP contribution in [-0.4, -0.2) is 56.3 Å². The van der Waals surface area contributed by atoms with E-state index in [2.05, 4.69) is 25.4 Å². The molecule has 11 heteroatoms. The lowest BCUT2D eigenvalue weighted by atomic mass is 9.99. The normalized spacial score (nSPS) is 16.2. The summed E-state index contributed by atoms with van der Waals surface area (Å²) in [6.07, 6.45) is -4.40. The van der Waals surface area contributed by atoms with Gasteiger partial charge in [0.05, 0.1) is 16.6 Å². The van der Waals surface area contributed by atoms with Crippen LogP contribution in [0.3, 0.4) is 0 Å². The van der Waals surface area contributed by atoms with Crippen molar-refractivity contribution in [1.82, 2.24) is 30.1 Å². The number of fused-ring (bicyclic) bond motifs is 1. The highest BCUT2D eigenvalue weighted by Crippen LogP contribution is 2.34. The number of piperazine rings is 1. The zero-order chi connectivity index (χ0) is 28.1. The lowest BCUT2D eigenvalue weighted by molar-refractivity contribution is -0.137. The Hall–Kier alpha value is -3.73.